The van der Waals surface area contributed by atoms with Gasteiger partial charge >= 0.3 is 5.97 Å². The highest BCUT2D eigenvalue weighted by Gasteiger charge is 2.16. The lowest BCUT2D eigenvalue weighted by Gasteiger charge is -2.11. The number of carboxylic acids is 1. The van der Waals surface area contributed by atoms with Crippen molar-refractivity contribution in [3.63, 3.8) is 0 Å². The summed E-state index contributed by atoms with van der Waals surface area (Å²) >= 11 is 1.47. The summed E-state index contributed by atoms with van der Waals surface area (Å²) in [6.45, 7) is 2.15. The van der Waals surface area contributed by atoms with Crippen LogP contribution in [-0.2, 0) is 18.4 Å². The SMILES string of the molecule is CCC(NCc1sc(-c2ccc(-c3ccc4c(ccn4C)c3)cc2)cc1O)C(=O)O. The van der Waals surface area contributed by atoms with Gasteiger partial charge in [0.15, 0.2) is 0 Å². The zero-order chi connectivity index (χ0) is 21.3. The van der Waals surface area contributed by atoms with Crippen LogP contribution in [0.3, 0.4) is 0 Å². The molecule has 0 spiro atoms. The number of rotatable bonds is 7. The van der Waals surface area contributed by atoms with Gasteiger partial charge in [0.25, 0.3) is 0 Å². The van der Waals surface area contributed by atoms with Crippen molar-refractivity contribution in [2.75, 3.05) is 0 Å². The van der Waals surface area contributed by atoms with Crippen molar-refractivity contribution in [3.8, 4) is 27.3 Å². The van der Waals surface area contributed by atoms with Gasteiger partial charge < -0.3 is 14.8 Å². The first-order valence-corrected chi connectivity index (χ1v) is 10.7. The van der Waals surface area contributed by atoms with Crippen LogP contribution in [0.15, 0.2) is 60.8 Å². The summed E-state index contributed by atoms with van der Waals surface area (Å²) in [5, 5.41) is 23.6. The number of aromatic nitrogens is 1. The normalized spacial score (nSPS) is 12.3. The molecule has 0 fully saturated rings. The molecule has 0 saturated carbocycles. The molecule has 154 valence electrons. The fourth-order valence-electron chi connectivity index (χ4n) is 3.60. The second kappa shape index (κ2) is 8.34. The van der Waals surface area contributed by atoms with Crippen molar-refractivity contribution in [1.29, 1.82) is 0 Å². The van der Waals surface area contributed by atoms with Gasteiger partial charge in [-0.1, -0.05) is 37.3 Å². The number of nitrogens with zero attached hydrogens (tertiary/aromatic N) is 1. The van der Waals surface area contributed by atoms with E-state index in [2.05, 4.69) is 64.6 Å². The van der Waals surface area contributed by atoms with Crippen LogP contribution in [0.25, 0.3) is 32.5 Å². The summed E-state index contributed by atoms with van der Waals surface area (Å²) < 4.78 is 2.11. The highest BCUT2D eigenvalue weighted by Crippen LogP contribution is 2.36. The van der Waals surface area contributed by atoms with Crippen LogP contribution < -0.4 is 5.32 Å². The van der Waals surface area contributed by atoms with Crippen LogP contribution in [-0.4, -0.2) is 26.8 Å². The summed E-state index contributed by atoms with van der Waals surface area (Å²) in [5.41, 5.74) is 4.54. The van der Waals surface area contributed by atoms with Gasteiger partial charge in [0.05, 0.1) is 4.88 Å². The Labute approximate surface area is 179 Å². The first-order valence-electron chi connectivity index (χ1n) is 9.90. The lowest BCUT2D eigenvalue weighted by atomic mass is 10.0. The van der Waals surface area contributed by atoms with Gasteiger partial charge in [-0.15, -0.1) is 11.3 Å². The molecule has 0 saturated heterocycles. The van der Waals surface area contributed by atoms with Crippen molar-refractivity contribution in [1.82, 2.24) is 9.88 Å². The molecule has 2 heterocycles. The Bertz CT molecular complexity index is 1190. The molecule has 0 aliphatic rings. The van der Waals surface area contributed by atoms with Crippen molar-refractivity contribution >= 4 is 28.2 Å². The Kier molecular flexibility index (Phi) is 5.61. The van der Waals surface area contributed by atoms with Crippen molar-refractivity contribution in [3.05, 3.63) is 65.7 Å². The third-order valence-electron chi connectivity index (χ3n) is 5.39. The smallest absolute Gasteiger partial charge is 0.320 e. The first kappa shape index (κ1) is 20.2. The number of hydrogen-bond donors (Lipinski definition) is 3. The van der Waals surface area contributed by atoms with Gasteiger partial charge in [-0.3, -0.25) is 10.1 Å². The number of carbonyl (C=O) groups is 1. The molecule has 6 heteroatoms. The van der Waals surface area contributed by atoms with E-state index in [0.29, 0.717) is 13.0 Å². The number of fused-ring (bicyclic) bond motifs is 1. The van der Waals surface area contributed by atoms with Crippen LogP contribution >= 0.6 is 11.3 Å². The van der Waals surface area contributed by atoms with E-state index in [1.165, 1.54) is 27.8 Å². The fraction of sp³-hybridized carbons (Fsp3) is 0.208. The summed E-state index contributed by atoms with van der Waals surface area (Å²) in [7, 11) is 2.04. The molecule has 5 nitrogen and oxygen atoms in total. The highest BCUT2D eigenvalue weighted by molar-refractivity contribution is 7.15. The average molecular weight is 421 g/mol. The minimum Gasteiger partial charge on any atom is -0.507 e. The number of aromatic hydroxyl groups is 1. The lowest BCUT2D eigenvalue weighted by Crippen LogP contribution is -2.35. The molecule has 2 aromatic heterocycles. The van der Waals surface area contributed by atoms with Gasteiger partial charge in [0, 0.05) is 35.6 Å². The molecule has 30 heavy (non-hydrogen) atoms. The Morgan fingerprint density at radius 1 is 1.07 bits per heavy atom. The van der Waals surface area contributed by atoms with E-state index in [1.807, 2.05) is 14.0 Å². The molecule has 0 amide bonds. The molecule has 1 unspecified atom stereocenters. The number of thiophene rings is 1. The zero-order valence-electron chi connectivity index (χ0n) is 16.9. The second-order valence-corrected chi connectivity index (χ2v) is 8.51. The fourth-order valence-corrected chi connectivity index (χ4v) is 4.61. The third-order valence-corrected chi connectivity index (χ3v) is 6.56. The lowest BCUT2D eigenvalue weighted by molar-refractivity contribution is -0.139. The third kappa shape index (κ3) is 3.97. The molecule has 0 bridgehead atoms. The molecule has 0 aliphatic heterocycles. The Morgan fingerprint density at radius 2 is 1.77 bits per heavy atom. The molecule has 4 rings (SSSR count). The largest absolute Gasteiger partial charge is 0.507 e. The van der Waals surface area contributed by atoms with Gasteiger partial charge in [0.1, 0.15) is 11.8 Å². The summed E-state index contributed by atoms with van der Waals surface area (Å²) in [6.07, 6.45) is 2.55. The molecule has 2 aromatic carbocycles. The number of hydrogen-bond acceptors (Lipinski definition) is 4. The Balaban J connectivity index is 1.53. The molecular formula is C24H24N2O3S. The van der Waals surface area contributed by atoms with Gasteiger partial charge in [-0.2, -0.15) is 0 Å². The monoisotopic (exact) mass is 420 g/mol. The number of benzene rings is 2. The molecule has 0 radical (unpaired) electrons. The van der Waals surface area contributed by atoms with E-state index in [-0.39, 0.29) is 5.75 Å². The first-order chi connectivity index (χ1) is 14.5. The van der Waals surface area contributed by atoms with Crippen molar-refractivity contribution < 1.29 is 15.0 Å². The maximum absolute atomic E-state index is 11.2. The van der Waals surface area contributed by atoms with E-state index in [0.717, 1.165) is 20.9 Å². The number of carboxylic acid groups (broad SMARTS) is 1. The predicted octanol–water partition coefficient (Wildman–Crippen LogP) is 5.23. The molecule has 4 aromatic rings. The molecule has 0 aliphatic carbocycles. The van der Waals surface area contributed by atoms with Gasteiger partial charge in [-0.25, -0.2) is 0 Å². The zero-order valence-corrected chi connectivity index (χ0v) is 17.7. The van der Waals surface area contributed by atoms with Crippen molar-refractivity contribution in [2.24, 2.45) is 7.05 Å². The van der Waals surface area contributed by atoms with E-state index < -0.39 is 12.0 Å². The van der Waals surface area contributed by atoms with E-state index in [9.17, 15) is 9.90 Å². The van der Waals surface area contributed by atoms with Crippen LogP contribution in [0.5, 0.6) is 5.75 Å². The maximum atomic E-state index is 11.2. The van der Waals surface area contributed by atoms with Crippen LogP contribution in [0, 0.1) is 0 Å². The Hall–Kier alpha value is -3.09. The van der Waals surface area contributed by atoms with Gasteiger partial charge in [-0.05, 0) is 47.4 Å². The Morgan fingerprint density at radius 3 is 2.47 bits per heavy atom. The standard InChI is InChI=1S/C24H24N2O3S/c1-3-19(24(28)29)25-14-23-21(27)13-22(30-23)16-6-4-15(5-7-16)17-8-9-20-18(12-17)10-11-26(20)2/h4-13,19,25,27H,3,14H2,1-2H3,(H,28,29). The van der Waals surface area contributed by atoms with Crippen molar-refractivity contribution in [2.45, 2.75) is 25.9 Å². The summed E-state index contributed by atoms with van der Waals surface area (Å²) in [6, 6.07) is 18.0. The minimum atomic E-state index is -0.877. The molecular weight excluding hydrogens is 396 g/mol. The van der Waals surface area contributed by atoms with Gasteiger partial charge in [0.2, 0.25) is 0 Å². The van der Waals surface area contributed by atoms with E-state index >= 15 is 0 Å². The number of aliphatic carboxylic acids is 1. The average Bonchev–Trinajstić information content (AvgIpc) is 3.31. The topological polar surface area (TPSA) is 74.5 Å². The van der Waals surface area contributed by atoms with Crippen LogP contribution in [0.4, 0.5) is 0 Å². The summed E-state index contributed by atoms with van der Waals surface area (Å²) in [4.78, 5) is 12.9. The molecule has 3 N–H and O–H groups in total. The van der Waals surface area contributed by atoms with E-state index in [1.54, 1.807) is 6.07 Å². The van der Waals surface area contributed by atoms with Crippen LogP contribution in [0.2, 0.25) is 0 Å². The number of nitrogens with one attached hydrogen (secondary N) is 1. The highest BCUT2D eigenvalue weighted by atomic mass is 32.1. The number of aryl methyl sites for hydroxylation is 1. The second-order valence-electron chi connectivity index (χ2n) is 7.38. The van der Waals surface area contributed by atoms with Crippen LogP contribution in [0.1, 0.15) is 18.2 Å². The van der Waals surface area contributed by atoms with E-state index in [4.69, 9.17) is 5.11 Å². The summed E-state index contributed by atoms with van der Waals surface area (Å²) in [5.74, 6) is -0.681. The minimum absolute atomic E-state index is 0.196. The maximum Gasteiger partial charge on any atom is 0.320 e. The predicted molar refractivity (Wildman–Crippen MR) is 122 cm³/mol. The quantitative estimate of drug-likeness (QED) is 0.383. The molecule has 1 atom stereocenters.